The van der Waals surface area contributed by atoms with E-state index in [1.54, 1.807) is 0 Å². The van der Waals surface area contributed by atoms with Crippen LogP contribution in [0.3, 0.4) is 0 Å². The summed E-state index contributed by atoms with van der Waals surface area (Å²) >= 11 is 0. The summed E-state index contributed by atoms with van der Waals surface area (Å²) in [5.74, 6) is 1.01. The van der Waals surface area contributed by atoms with Crippen LogP contribution in [0.4, 0.5) is 0 Å². The summed E-state index contributed by atoms with van der Waals surface area (Å²) in [6, 6.07) is 0.450. The van der Waals surface area contributed by atoms with Gasteiger partial charge in [-0.05, 0) is 58.4 Å². The maximum Gasteiger partial charge on any atom is 0.225 e. The number of hydrogen-bond acceptors (Lipinski definition) is 3. The van der Waals surface area contributed by atoms with Gasteiger partial charge in [-0.2, -0.15) is 0 Å². The average molecular weight is 350 g/mol. The van der Waals surface area contributed by atoms with Gasteiger partial charge in [0.1, 0.15) is 0 Å². The van der Waals surface area contributed by atoms with E-state index in [0.29, 0.717) is 17.9 Å². The van der Waals surface area contributed by atoms with Gasteiger partial charge in [0, 0.05) is 50.6 Å². The van der Waals surface area contributed by atoms with Crippen LogP contribution in [0, 0.1) is 11.8 Å². The van der Waals surface area contributed by atoms with Crippen LogP contribution < -0.4 is 0 Å². The molecular weight excluding hydrogens is 314 g/mol. The molecular formula is C20H35N3O2. The largest absolute Gasteiger partial charge is 0.340 e. The molecule has 25 heavy (non-hydrogen) atoms. The molecule has 0 aromatic rings. The molecule has 1 unspecified atom stereocenters. The third-order valence-corrected chi connectivity index (χ3v) is 6.62. The van der Waals surface area contributed by atoms with Gasteiger partial charge in [0.15, 0.2) is 0 Å². The quantitative estimate of drug-likeness (QED) is 0.786. The van der Waals surface area contributed by atoms with E-state index in [2.05, 4.69) is 23.8 Å². The summed E-state index contributed by atoms with van der Waals surface area (Å²) in [4.78, 5) is 32.2. The summed E-state index contributed by atoms with van der Waals surface area (Å²) < 4.78 is 0. The lowest BCUT2D eigenvalue weighted by Gasteiger charge is -2.40. The molecule has 2 heterocycles. The number of rotatable bonds is 3. The molecule has 2 amide bonds. The molecule has 3 aliphatic rings. The number of carbonyl (C=O) groups excluding carboxylic acids is 2. The first-order chi connectivity index (χ1) is 12.1. The van der Waals surface area contributed by atoms with Gasteiger partial charge in [0.25, 0.3) is 0 Å². The molecule has 0 N–H and O–H groups in total. The minimum absolute atomic E-state index is 0.149. The molecule has 1 aliphatic carbocycles. The van der Waals surface area contributed by atoms with Crippen LogP contribution >= 0.6 is 0 Å². The summed E-state index contributed by atoms with van der Waals surface area (Å²) in [5.41, 5.74) is 0. The van der Waals surface area contributed by atoms with Crippen molar-refractivity contribution in [2.75, 3.05) is 39.8 Å². The Morgan fingerprint density at radius 1 is 0.800 bits per heavy atom. The molecule has 0 spiro atoms. The zero-order valence-electron chi connectivity index (χ0n) is 16.1. The van der Waals surface area contributed by atoms with Crippen molar-refractivity contribution in [1.82, 2.24) is 14.7 Å². The predicted molar refractivity (Wildman–Crippen MR) is 99.2 cm³/mol. The molecule has 0 aromatic carbocycles. The second kappa shape index (κ2) is 8.52. The van der Waals surface area contributed by atoms with E-state index in [1.165, 1.54) is 12.8 Å². The number of piperidine rings is 1. The van der Waals surface area contributed by atoms with Crippen molar-refractivity contribution in [3.63, 3.8) is 0 Å². The molecule has 0 aromatic heterocycles. The fraction of sp³-hybridized carbons (Fsp3) is 0.900. The van der Waals surface area contributed by atoms with Crippen molar-refractivity contribution in [2.24, 2.45) is 11.8 Å². The molecule has 5 nitrogen and oxygen atoms in total. The van der Waals surface area contributed by atoms with Crippen LogP contribution in [0.15, 0.2) is 0 Å². The zero-order valence-corrected chi connectivity index (χ0v) is 16.1. The highest BCUT2D eigenvalue weighted by Gasteiger charge is 2.36. The average Bonchev–Trinajstić information content (AvgIpc) is 2.67. The Labute approximate surface area is 152 Å². The van der Waals surface area contributed by atoms with E-state index < -0.39 is 0 Å². The fourth-order valence-corrected chi connectivity index (χ4v) is 4.82. The van der Waals surface area contributed by atoms with Crippen LogP contribution in [0.25, 0.3) is 0 Å². The van der Waals surface area contributed by atoms with E-state index in [0.717, 1.165) is 71.2 Å². The molecule has 3 fully saturated rings. The summed E-state index contributed by atoms with van der Waals surface area (Å²) in [5, 5.41) is 0. The topological polar surface area (TPSA) is 43.9 Å². The molecule has 5 heteroatoms. The van der Waals surface area contributed by atoms with Crippen LogP contribution in [-0.4, -0.2) is 72.3 Å². The third kappa shape index (κ3) is 4.36. The highest BCUT2D eigenvalue weighted by atomic mass is 16.2. The van der Waals surface area contributed by atoms with Crippen molar-refractivity contribution in [2.45, 2.75) is 64.3 Å². The molecule has 0 bridgehead atoms. The van der Waals surface area contributed by atoms with E-state index >= 15 is 0 Å². The molecule has 0 radical (unpaired) electrons. The van der Waals surface area contributed by atoms with Crippen molar-refractivity contribution in [3.05, 3.63) is 0 Å². The molecule has 2 aliphatic heterocycles. The van der Waals surface area contributed by atoms with Gasteiger partial charge in [0.2, 0.25) is 11.8 Å². The molecule has 3 rings (SSSR count). The lowest BCUT2D eigenvalue weighted by Crippen LogP contribution is -2.50. The van der Waals surface area contributed by atoms with Gasteiger partial charge in [-0.15, -0.1) is 0 Å². The Kier molecular flexibility index (Phi) is 6.37. The summed E-state index contributed by atoms with van der Waals surface area (Å²) in [6.07, 6.45) is 8.24. The number of nitrogens with zero attached hydrogens (tertiary/aromatic N) is 3. The van der Waals surface area contributed by atoms with Crippen molar-refractivity contribution in [3.8, 4) is 0 Å². The minimum Gasteiger partial charge on any atom is -0.340 e. The van der Waals surface area contributed by atoms with Crippen LogP contribution in [-0.2, 0) is 9.59 Å². The number of likely N-dealkylation sites (N-methyl/N-ethyl adjacent to an activating group) is 1. The summed E-state index contributed by atoms with van der Waals surface area (Å²) in [6.45, 7) is 6.82. The number of likely N-dealkylation sites (tertiary alicyclic amines) is 1. The fourth-order valence-electron chi connectivity index (χ4n) is 4.82. The van der Waals surface area contributed by atoms with Gasteiger partial charge in [-0.3, -0.25) is 9.59 Å². The van der Waals surface area contributed by atoms with Gasteiger partial charge in [0.05, 0.1) is 0 Å². The van der Waals surface area contributed by atoms with Crippen molar-refractivity contribution in [1.29, 1.82) is 0 Å². The van der Waals surface area contributed by atoms with Crippen molar-refractivity contribution < 1.29 is 9.59 Å². The second-order valence-electron chi connectivity index (χ2n) is 8.27. The zero-order chi connectivity index (χ0) is 17.8. The molecule has 142 valence electrons. The smallest absolute Gasteiger partial charge is 0.225 e. The molecule has 1 atom stereocenters. The SMILES string of the molecule is CCC1CCCCN1C(=O)C1CCC(C(=O)N2CCN(C)CC2)CC1. The minimum atomic E-state index is 0.149. The Balaban J connectivity index is 1.49. The van der Waals surface area contributed by atoms with Crippen LogP contribution in [0.5, 0.6) is 0 Å². The van der Waals surface area contributed by atoms with Gasteiger partial charge < -0.3 is 14.7 Å². The lowest BCUT2D eigenvalue weighted by molar-refractivity contribution is -0.144. The number of carbonyl (C=O) groups is 2. The Morgan fingerprint density at radius 2 is 1.40 bits per heavy atom. The Bertz CT molecular complexity index is 466. The monoisotopic (exact) mass is 349 g/mol. The summed E-state index contributed by atoms with van der Waals surface area (Å²) in [7, 11) is 2.11. The number of piperazine rings is 1. The van der Waals surface area contributed by atoms with Crippen molar-refractivity contribution >= 4 is 11.8 Å². The Morgan fingerprint density at radius 3 is 2.00 bits per heavy atom. The van der Waals surface area contributed by atoms with E-state index in [9.17, 15) is 9.59 Å². The highest BCUT2D eigenvalue weighted by Crippen LogP contribution is 2.33. The maximum absolute atomic E-state index is 13.0. The van der Waals surface area contributed by atoms with E-state index in [4.69, 9.17) is 0 Å². The highest BCUT2D eigenvalue weighted by molar-refractivity contribution is 5.81. The van der Waals surface area contributed by atoms with Gasteiger partial charge in [-0.25, -0.2) is 0 Å². The van der Waals surface area contributed by atoms with E-state index in [-0.39, 0.29) is 11.8 Å². The standard InChI is InChI=1S/C20H35N3O2/c1-3-18-6-4-5-11-23(18)20(25)17-9-7-16(8-10-17)19(24)22-14-12-21(2)13-15-22/h16-18H,3-15H2,1-2H3. The van der Waals surface area contributed by atoms with E-state index in [1.807, 2.05) is 4.90 Å². The normalized spacial score (nSPS) is 31.8. The van der Waals surface area contributed by atoms with Gasteiger partial charge in [-0.1, -0.05) is 6.92 Å². The molecule has 1 saturated carbocycles. The maximum atomic E-state index is 13.0. The third-order valence-electron chi connectivity index (χ3n) is 6.62. The van der Waals surface area contributed by atoms with Crippen LogP contribution in [0.1, 0.15) is 58.3 Å². The number of hydrogen-bond donors (Lipinski definition) is 0. The van der Waals surface area contributed by atoms with Crippen LogP contribution in [0.2, 0.25) is 0 Å². The Hall–Kier alpha value is -1.10. The predicted octanol–water partition coefficient (Wildman–Crippen LogP) is 2.36. The number of amides is 2. The van der Waals surface area contributed by atoms with Gasteiger partial charge >= 0.3 is 0 Å². The molecule has 2 saturated heterocycles. The second-order valence-corrected chi connectivity index (χ2v) is 8.27. The first kappa shape index (κ1) is 18.7. The lowest BCUT2D eigenvalue weighted by atomic mass is 9.80. The first-order valence-corrected chi connectivity index (χ1v) is 10.4. The first-order valence-electron chi connectivity index (χ1n) is 10.4.